The van der Waals surface area contributed by atoms with Gasteiger partial charge >= 0.3 is 0 Å². The maximum atomic E-state index is 15.1. The van der Waals surface area contributed by atoms with Crippen molar-refractivity contribution in [3.63, 3.8) is 0 Å². The molecule has 0 saturated carbocycles. The summed E-state index contributed by atoms with van der Waals surface area (Å²) in [5.74, 6) is -1.19. The van der Waals surface area contributed by atoms with Crippen LogP contribution in [0.2, 0.25) is 5.02 Å². The average molecular weight is 604 g/mol. The third-order valence-corrected chi connectivity index (χ3v) is 9.64. The number of thiazole rings is 1. The molecule has 0 radical (unpaired) electrons. The quantitative estimate of drug-likeness (QED) is 0.215. The number of carbonyl (C=O) groups excluding carboxylic acids is 2. The van der Waals surface area contributed by atoms with Crippen LogP contribution in [0.25, 0.3) is 21.2 Å². The first-order valence-corrected chi connectivity index (χ1v) is 14.9. The van der Waals surface area contributed by atoms with Crippen LogP contribution in [0.3, 0.4) is 0 Å². The van der Waals surface area contributed by atoms with Gasteiger partial charge in [0.05, 0.1) is 33.4 Å². The third kappa shape index (κ3) is 3.48. The van der Waals surface area contributed by atoms with E-state index in [0.29, 0.717) is 26.9 Å². The van der Waals surface area contributed by atoms with Crippen LogP contribution >= 0.6 is 22.9 Å². The third-order valence-electron chi connectivity index (χ3n) is 8.40. The highest BCUT2D eigenvalue weighted by atomic mass is 35.5. The molecule has 2 aliphatic rings. The fraction of sp³-hybridized carbons (Fsp3) is 0.118. The summed E-state index contributed by atoms with van der Waals surface area (Å²) in [7, 11) is 0. The minimum Gasteiger partial charge on any atom is -0.450 e. The summed E-state index contributed by atoms with van der Waals surface area (Å²) in [5.41, 5.74) is 2.73. The van der Waals surface area contributed by atoms with Crippen molar-refractivity contribution in [3.8, 4) is 0 Å². The second-order valence-electron chi connectivity index (χ2n) is 10.9. The number of hydrogen-bond acceptors (Lipinski definition) is 6. The lowest BCUT2D eigenvalue weighted by Crippen LogP contribution is -2.53. The Morgan fingerprint density at radius 3 is 2.56 bits per heavy atom. The predicted molar refractivity (Wildman–Crippen MR) is 168 cm³/mol. The molecule has 9 heteroatoms. The number of halogens is 1. The van der Waals surface area contributed by atoms with Crippen LogP contribution < -0.4 is 15.2 Å². The van der Waals surface area contributed by atoms with E-state index in [1.54, 1.807) is 23.1 Å². The molecule has 1 atom stereocenters. The Balaban J connectivity index is 1.46. The molecular weight excluding hydrogens is 582 g/mol. The number of fused-ring (bicyclic) bond motifs is 6. The monoisotopic (exact) mass is 603 g/mol. The lowest BCUT2D eigenvalue weighted by molar-refractivity contribution is -0.121. The van der Waals surface area contributed by atoms with Crippen LogP contribution in [-0.4, -0.2) is 16.8 Å². The van der Waals surface area contributed by atoms with Crippen molar-refractivity contribution in [2.45, 2.75) is 25.9 Å². The number of benzene rings is 4. The molecule has 1 unspecified atom stereocenters. The van der Waals surface area contributed by atoms with Crippen molar-refractivity contribution < 1.29 is 14.0 Å². The number of rotatable bonds is 3. The first-order valence-electron chi connectivity index (χ1n) is 13.7. The summed E-state index contributed by atoms with van der Waals surface area (Å²) in [6.45, 7) is 4.23. The molecule has 0 aliphatic carbocycles. The average Bonchev–Trinajstić information content (AvgIpc) is 3.60. The molecule has 2 aromatic heterocycles. The SMILES string of the molecule is Cc1ccc2nc(N3C(=O)c4oc5ccc(Cl)cc5c(=O)c4C34C(=O)N(Cc3ccccc3C)c3ccccc34)sc2c1. The zero-order valence-electron chi connectivity index (χ0n) is 23.1. The Morgan fingerprint density at radius 1 is 0.930 bits per heavy atom. The van der Waals surface area contributed by atoms with Gasteiger partial charge in [-0.15, -0.1) is 0 Å². The van der Waals surface area contributed by atoms with Gasteiger partial charge in [-0.25, -0.2) is 4.98 Å². The number of para-hydroxylation sites is 1. The summed E-state index contributed by atoms with van der Waals surface area (Å²) < 4.78 is 7.04. The largest absolute Gasteiger partial charge is 0.450 e. The zero-order chi connectivity index (χ0) is 29.6. The van der Waals surface area contributed by atoms with E-state index in [1.807, 2.05) is 74.5 Å². The highest BCUT2D eigenvalue weighted by molar-refractivity contribution is 7.22. The van der Waals surface area contributed by atoms with E-state index in [9.17, 15) is 9.59 Å². The molecule has 8 rings (SSSR count). The minimum atomic E-state index is -1.83. The van der Waals surface area contributed by atoms with Crippen LogP contribution in [0.1, 0.15) is 38.4 Å². The van der Waals surface area contributed by atoms with E-state index in [-0.39, 0.29) is 28.8 Å². The molecule has 4 heterocycles. The van der Waals surface area contributed by atoms with E-state index < -0.39 is 22.8 Å². The van der Waals surface area contributed by atoms with Crippen molar-refractivity contribution in [2.24, 2.45) is 0 Å². The number of aromatic nitrogens is 1. The maximum Gasteiger partial charge on any atom is 0.297 e. The molecule has 0 N–H and O–H groups in total. The number of carbonyl (C=O) groups is 2. The van der Waals surface area contributed by atoms with Gasteiger partial charge in [0.1, 0.15) is 5.58 Å². The first-order chi connectivity index (χ1) is 20.8. The number of anilines is 2. The molecule has 0 bridgehead atoms. The van der Waals surface area contributed by atoms with Crippen LogP contribution in [0, 0.1) is 13.8 Å². The van der Waals surface area contributed by atoms with Gasteiger partial charge in [0.2, 0.25) is 5.76 Å². The highest BCUT2D eigenvalue weighted by Crippen LogP contribution is 2.55. The molecule has 2 aliphatic heterocycles. The van der Waals surface area contributed by atoms with Crippen LogP contribution in [0.4, 0.5) is 10.8 Å². The van der Waals surface area contributed by atoms with Gasteiger partial charge in [0, 0.05) is 10.6 Å². The lowest BCUT2D eigenvalue weighted by Gasteiger charge is -2.32. The molecule has 6 aromatic rings. The van der Waals surface area contributed by atoms with Gasteiger partial charge in [-0.1, -0.05) is 71.5 Å². The smallest absolute Gasteiger partial charge is 0.297 e. The standard InChI is InChI=1S/C34H22ClN3O4S/c1-18-11-13-24-27(15-18)43-33(36-24)38-31(40)30-28(29(39)22-16-21(35)12-14-26(22)42-30)34(38)23-9-5-6-10-25(23)37(32(34)41)17-20-8-4-3-7-19(20)2/h3-16H,17H2,1-2H3. The van der Waals surface area contributed by atoms with E-state index in [2.05, 4.69) is 0 Å². The highest BCUT2D eigenvalue weighted by Gasteiger charge is 2.66. The Morgan fingerprint density at radius 2 is 1.72 bits per heavy atom. The molecule has 1 spiro atoms. The number of aryl methyl sites for hydroxylation is 2. The predicted octanol–water partition coefficient (Wildman–Crippen LogP) is 7.12. The molecule has 2 amide bonds. The normalized spacial score (nSPS) is 17.5. The first kappa shape index (κ1) is 25.9. The van der Waals surface area contributed by atoms with Crippen molar-refractivity contribution in [1.29, 1.82) is 0 Å². The minimum absolute atomic E-state index is 0.0209. The van der Waals surface area contributed by atoms with Crippen LogP contribution in [-0.2, 0) is 16.9 Å². The van der Waals surface area contributed by atoms with Gasteiger partial charge in [0.15, 0.2) is 16.1 Å². The van der Waals surface area contributed by atoms with Crippen molar-refractivity contribution in [2.75, 3.05) is 9.80 Å². The second kappa shape index (κ2) is 9.10. The van der Waals surface area contributed by atoms with Crippen LogP contribution in [0.15, 0.2) is 94.1 Å². The van der Waals surface area contributed by atoms with Gasteiger partial charge in [-0.05, 0) is 66.9 Å². The Kier molecular flexibility index (Phi) is 5.48. The summed E-state index contributed by atoms with van der Waals surface area (Å²) in [6.07, 6.45) is 0. The Labute approximate surface area is 254 Å². The van der Waals surface area contributed by atoms with E-state index >= 15 is 4.79 Å². The molecule has 210 valence electrons. The summed E-state index contributed by atoms with van der Waals surface area (Å²) >= 11 is 7.60. The van der Waals surface area contributed by atoms with Gasteiger partial charge < -0.3 is 9.32 Å². The lowest BCUT2D eigenvalue weighted by atomic mass is 9.84. The Bertz CT molecular complexity index is 2260. The second-order valence-corrected chi connectivity index (χ2v) is 12.4. The fourth-order valence-electron chi connectivity index (χ4n) is 6.37. The van der Waals surface area contributed by atoms with Crippen molar-refractivity contribution in [3.05, 3.63) is 134 Å². The molecule has 0 saturated heterocycles. The van der Waals surface area contributed by atoms with Crippen LogP contribution in [0.5, 0.6) is 0 Å². The van der Waals surface area contributed by atoms with Gasteiger partial charge in [-0.2, -0.15) is 0 Å². The number of hydrogen-bond donors (Lipinski definition) is 0. The topological polar surface area (TPSA) is 83.7 Å². The zero-order valence-corrected chi connectivity index (χ0v) is 24.6. The van der Waals surface area contributed by atoms with Gasteiger partial charge in [-0.3, -0.25) is 19.3 Å². The van der Waals surface area contributed by atoms with E-state index in [1.165, 1.54) is 22.3 Å². The van der Waals surface area contributed by atoms with E-state index in [0.717, 1.165) is 21.4 Å². The van der Waals surface area contributed by atoms with Crippen molar-refractivity contribution >= 4 is 66.8 Å². The van der Waals surface area contributed by atoms with E-state index in [4.69, 9.17) is 21.0 Å². The maximum absolute atomic E-state index is 15.1. The molecule has 7 nitrogen and oxygen atoms in total. The Hall–Kier alpha value is -4.79. The van der Waals surface area contributed by atoms with Gasteiger partial charge in [0.25, 0.3) is 11.8 Å². The molecule has 4 aromatic carbocycles. The molecular formula is C34H22ClN3O4S. The fourth-order valence-corrected chi connectivity index (χ4v) is 7.65. The summed E-state index contributed by atoms with van der Waals surface area (Å²) in [6, 6.07) is 25.7. The number of nitrogens with zero attached hydrogens (tertiary/aromatic N) is 3. The molecule has 0 fully saturated rings. The molecule has 43 heavy (non-hydrogen) atoms. The number of amides is 2. The van der Waals surface area contributed by atoms with Crippen molar-refractivity contribution in [1.82, 2.24) is 4.98 Å². The summed E-state index contributed by atoms with van der Waals surface area (Å²) in [5, 5.41) is 0.845. The summed E-state index contributed by atoms with van der Waals surface area (Å²) in [4.78, 5) is 51.9.